The molecule has 0 spiro atoms. The highest BCUT2D eigenvalue weighted by Gasteiger charge is 2.18. The number of carbonyl (C=O) groups excluding carboxylic acids is 1. The summed E-state index contributed by atoms with van der Waals surface area (Å²) in [4.78, 5) is 21.5. The Bertz CT molecular complexity index is 611. The van der Waals surface area contributed by atoms with Gasteiger partial charge in [0.2, 0.25) is 5.12 Å². The molecule has 0 radical (unpaired) electrons. The van der Waals surface area contributed by atoms with Crippen LogP contribution in [0, 0.1) is 10.1 Å². The van der Waals surface area contributed by atoms with Gasteiger partial charge in [-0.05, 0) is 23.3 Å². The standard InChI is InChI=1S/C13H9NO3S/c15-13(18)11-8-10(6-7-12(11)14(16)17)9-4-2-1-3-5-9/h1-8H,(H,15,18). The summed E-state index contributed by atoms with van der Waals surface area (Å²) >= 11 is 3.67. The molecular weight excluding hydrogens is 250 g/mol. The number of nitro benzene ring substituents is 1. The molecule has 0 unspecified atom stereocenters. The molecule has 90 valence electrons. The third-order valence-electron chi connectivity index (χ3n) is 2.53. The minimum Gasteiger partial charge on any atom is -0.282 e. The molecule has 0 amide bonds. The van der Waals surface area contributed by atoms with E-state index < -0.39 is 10.0 Å². The summed E-state index contributed by atoms with van der Waals surface area (Å²) in [5.41, 5.74) is 1.42. The van der Waals surface area contributed by atoms with E-state index in [0.29, 0.717) is 0 Å². The SMILES string of the molecule is O=C(S)c1cc(-c2ccccc2)ccc1[N+](=O)[O-]. The van der Waals surface area contributed by atoms with E-state index in [4.69, 9.17) is 0 Å². The van der Waals surface area contributed by atoms with Gasteiger partial charge in [-0.2, -0.15) is 0 Å². The third-order valence-corrected chi connectivity index (χ3v) is 2.77. The van der Waals surface area contributed by atoms with Crippen molar-refractivity contribution >= 4 is 23.4 Å². The van der Waals surface area contributed by atoms with Crippen molar-refractivity contribution in [1.29, 1.82) is 0 Å². The van der Waals surface area contributed by atoms with Crippen LogP contribution in [0.4, 0.5) is 5.69 Å². The first-order valence-corrected chi connectivity index (χ1v) is 5.61. The van der Waals surface area contributed by atoms with Crippen molar-refractivity contribution in [3.05, 3.63) is 64.2 Å². The van der Waals surface area contributed by atoms with Crippen LogP contribution >= 0.6 is 12.6 Å². The number of benzene rings is 2. The number of carbonyl (C=O) groups is 1. The first kappa shape index (κ1) is 12.3. The molecule has 0 N–H and O–H groups in total. The minimum absolute atomic E-state index is 0.00434. The molecule has 2 rings (SSSR count). The number of hydrogen-bond acceptors (Lipinski definition) is 3. The van der Waals surface area contributed by atoms with E-state index in [2.05, 4.69) is 12.6 Å². The van der Waals surface area contributed by atoms with Crippen molar-refractivity contribution in [2.45, 2.75) is 0 Å². The van der Waals surface area contributed by atoms with Crippen LogP contribution in [0.15, 0.2) is 48.5 Å². The lowest BCUT2D eigenvalue weighted by Gasteiger charge is -2.04. The Labute approximate surface area is 109 Å². The maximum absolute atomic E-state index is 11.3. The van der Waals surface area contributed by atoms with Gasteiger partial charge in [0, 0.05) is 6.07 Å². The van der Waals surface area contributed by atoms with Crippen molar-refractivity contribution in [2.24, 2.45) is 0 Å². The lowest BCUT2D eigenvalue weighted by molar-refractivity contribution is -0.385. The zero-order valence-electron chi connectivity index (χ0n) is 9.24. The van der Waals surface area contributed by atoms with E-state index in [0.717, 1.165) is 11.1 Å². The molecule has 0 aliphatic heterocycles. The van der Waals surface area contributed by atoms with Gasteiger partial charge in [-0.25, -0.2) is 0 Å². The molecule has 0 fully saturated rings. The lowest BCUT2D eigenvalue weighted by Crippen LogP contribution is -1.98. The topological polar surface area (TPSA) is 60.2 Å². The molecule has 0 aliphatic carbocycles. The molecule has 18 heavy (non-hydrogen) atoms. The molecule has 5 heteroatoms. The van der Waals surface area contributed by atoms with Crippen molar-refractivity contribution in [2.75, 3.05) is 0 Å². The van der Waals surface area contributed by atoms with Crippen LogP contribution in [0.3, 0.4) is 0 Å². The van der Waals surface area contributed by atoms with Crippen LogP contribution in [0.1, 0.15) is 10.4 Å². The maximum Gasteiger partial charge on any atom is 0.281 e. The summed E-state index contributed by atoms with van der Waals surface area (Å²) in [7, 11) is 0. The number of rotatable bonds is 3. The molecule has 0 saturated carbocycles. The molecule has 0 heterocycles. The summed E-state index contributed by atoms with van der Waals surface area (Å²) in [6.07, 6.45) is 0. The van der Waals surface area contributed by atoms with Gasteiger partial charge < -0.3 is 0 Å². The largest absolute Gasteiger partial charge is 0.282 e. The second-order valence-corrected chi connectivity index (χ2v) is 4.07. The molecule has 2 aromatic rings. The smallest absolute Gasteiger partial charge is 0.281 e. The van der Waals surface area contributed by atoms with E-state index in [9.17, 15) is 14.9 Å². The van der Waals surface area contributed by atoms with Gasteiger partial charge >= 0.3 is 0 Å². The Kier molecular flexibility index (Phi) is 3.43. The first-order chi connectivity index (χ1) is 8.59. The van der Waals surface area contributed by atoms with Gasteiger partial charge in [0.25, 0.3) is 5.69 Å². The Morgan fingerprint density at radius 1 is 1.06 bits per heavy atom. The fraction of sp³-hybridized carbons (Fsp3) is 0. The summed E-state index contributed by atoms with van der Waals surface area (Å²) in [5.74, 6) is 0. The van der Waals surface area contributed by atoms with Crippen molar-refractivity contribution in [1.82, 2.24) is 0 Å². The fourth-order valence-electron chi connectivity index (χ4n) is 1.68. The maximum atomic E-state index is 11.3. The zero-order chi connectivity index (χ0) is 13.1. The van der Waals surface area contributed by atoms with Gasteiger partial charge in [0.1, 0.15) is 5.56 Å². The summed E-state index contributed by atoms with van der Waals surface area (Å²) in [6, 6.07) is 13.8. The van der Waals surface area contributed by atoms with E-state index in [1.165, 1.54) is 12.1 Å². The van der Waals surface area contributed by atoms with Gasteiger partial charge in [-0.3, -0.25) is 14.9 Å². The highest BCUT2D eigenvalue weighted by Crippen LogP contribution is 2.27. The van der Waals surface area contributed by atoms with Crippen LogP contribution < -0.4 is 0 Å². The molecule has 0 atom stereocenters. The van der Waals surface area contributed by atoms with Crippen molar-refractivity contribution in [3.8, 4) is 11.1 Å². The summed E-state index contributed by atoms with van der Waals surface area (Å²) < 4.78 is 0. The number of hydrogen-bond donors (Lipinski definition) is 1. The van der Waals surface area contributed by atoms with Crippen LogP contribution in [0.2, 0.25) is 0 Å². The highest BCUT2D eigenvalue weighted by atomic mass is 32.1. The van der Waals surface area contributed by atoms with Crippen LogP contribution in [-0.2, 0) is 0 Å². The fourth-order valence-corrected chi connectivity index (χ4v) is 1.86. The van der Waals surface area contributed by atoms with E-state index in [-0.39, 0.29) is 11.3 Å². The lowest BCUT2D eigenvalue weighted by atomic mass is 10.0. The molecule has 0 aromatic heterocycles. The van der Waals surface area contributed by atoms with Gasteiger partial charge in [0.05, 0.1) is 4.92 Å². The van der Waals surface area contributed by atoms with Gasteiger partial charge in [-0.1, -0.05) is 30.3 Å². The summed E-state index contributed by atoms with van der Waals surface area (Å²) in [6.45, 7) is 0. The van der Waals surface area contributed by atoms with E-state index in [1.54, 1.807) is 6.07 Å². The van der Waals surface area contributed by atoms with Gasteiger partial charge in [-0.15, -0.1) is 12.6 Å². The second-order valence-electron chi connectivity index (χ2n) is 3.66. The van der Waals surface area contributed by atoms with E-state index >= 15 is 0 Å². The van der Waals surface area contributed by atoms with Crippen molar-refractivity contribution in [3.63, 3.8) is 0 Å². The minimum atomic E-state index is -0.612. The van der Waals surface area contributed by atoms with Crippen molar-refractivity contribution < 1.29 is 9.72 Å². The predicted molar refractivity (Wildman–Crippen MR) is 71.8 cm³/mol. The summed E-state index contributed by atoms with van der Waals surface area (Å²) in [5, 5.41) is 10.2. The Morgan fingerprint density at radius 3 is 2.28 bits per heavy atom. The van der Waals surface area contributed by atoms with Gasteiger partial charge in [0.15, 0.2) is 0 Å². The third kappa shape index (κ3) is 2.41. The molecule has 0 bridgehead atoms. The average Bonchev–Trinajstić information content (AvgIpc) is 2.39. The molecular formula is C13H9NO3S. The first-order valence-electron chi connectivity index (χ1n) is 5.17. The molecule has 0 aliphatic rings. The predicted octanol–water partition coefficient (Wildman–Crippen LogP) is 3.33. The van der Waals surface area contributed by atoms with Crippen LogP contribution in [-0.4, -0.2) is 10.0 Å². The zero-order valence-corrected chi connectivity index (χ0v) is 10.1. The number of thiol groups is 1. The normalized spacial score (nSPS) is 10.1. The second kappa shape index (κ2) is 5.01. The average molecular weight is 259 g/mol. The molecule has 4 nitrogen and oxygen atoms in total. The van der Waals surface area contributed by atoms with E-state index in [1.807, 2.05) is 30.3 Å². The monoisotopic (exact) mass is 259 g/mol. The number of nitro groups is 1. The molecule has 2 aromatic carbocycles. The Hall–Kier alpha value is -2.14. The number of nitrogens with zero attached hydrogens (tertiary/aromatic N) is 1. The quantitative estimate of drug-likeness (QED) is 0.522. The van der Waals surface area contributed by atoms with Crippen LogP contribution in [0.25, 0.3) is 11.1 Å². The Balaban J connectivity index is 2.57. The Morgan fingerprint density at radius 2 is 1.72 bits per heavy atom. The highest BCUT2D eigenvalue weighted by molar-refractivity contribution is 7.97. The van der Waals surface area contributed by atoms with Crippen LogP contribution in [0.5, 0.6) is 0 Å². The molecule has 0 saturated heterocycles.